The molecular weight excluding hydrogens is 369 g/mol. The van der Waals surface area contributed by atoms with Crippen molar-refractivity contribution in [1.29, 1.82) is 0 Å². The van der Waals surface area contributed by atoms with E-state index in [2.05, 4.69) is 43.6 Å². The van der Waals surface area contributed by atoms with Gasteiger partial charge in [-0.3, -0.25) is 9.69 Å². The summed E-state index contributed by atoms with van der Waals surface area (Å²) in [5, 5.41) is 8.23. The summed E-state index contributed by atoms with van der Waals surface area (Å²) in [6.45, 7) is 10.8. The molecule has 1 aromatic carbocycles. The van der Waals surface area contributed by atoms with Crippen LogP contribution in [0.25, 0.3) is 16.9 Å². The van der Waals surface area contributed by atoms with Crippen LogP contribution >= 0.6 is 0 Å². The van der Waals surface area contributed by atoms with E-state index in [0.29, 0.717) is 18.8 Å². The molecule has 2 aliphatic rings. The Kier molecular flexibility index (Phi) is 3.68. The second kappa shape index (κ2) is 5.86. The third kappa shape index (κ3) is 2.53. The van der Waals surface area contributed by atoms with Gasteiger partial charge >= 0.3 is 11.6 Å². The Morgan fingerprint density at radius 3 is 2.66 bits per heavy atom. The number of imidazole rings is 1. The van der Waals surface area contributed by atoms with Crippen LogP contribution in [0.15, 0.2) is 36.5 Å². The van der Waals surface area contributed by atoms with Gasteiger partial charge in [0.15, 0.2) is 11.9 Å². The Balaban J connectivity index is 1.81. The summed E-state index contributed by atoms with van der Waals surface area (Å²) in [5.41, 5.74) is 3.65. The molecule has 1 N–H and O–H groups in total. The minimum Gasteiger partial charge on any atom is -0.309 e. The van der Waals surface area contributed by atoms with E-state index in [4.69, 9.17) is 5.10 Å². The molecule has 4 heterocycles. The van der Waals surface area contributed by atoms with Crippen molar-refractivity contribution in [3.63, 3.8) is 0 Å². The van der Waals surface area contributed by atoms with Crippen molar-refractivity contribution >= 4 is 11.6 Å². The van der Waals surface area contributed by atoms with Crippen LogP contribution in [-0.4, -0.2) is 40.1 Å². The van der Waals surface area contributed by atoms with Crippen molar-refractivity contribution in [2.24, 2.45) is 0 Å². The lowest BCUT2D eigenvalue weighted by Crippen LogP contribution is -2.68. The van der Waals surface area contributed by atoms with E-state index in [1.807, 2.05) is 15.6 Å². The summed E-state index contributed by atoms with van der Waals surface area (Å²) in [5.74, 6) is -0.229. The smallest absolute Gasteiger partial charge is 0.309 e. The van der Waals surface area contributed by atoms with E-state index in [0.717, 1.165) is 29.0 Å². The molecular formula is C22H25FN5O+. The lowest BCUT2D eigenvalue weighted by Gasteiger charge is -2.37. The lowest BCUT2D eigenvalue weighted by molar-refractivity contribution is -0.747. The van der Waals surface area contributed by atoms with E-state index in [1.54, 1.807) is 12.1 Å². The van der Waals surface area contributed by atoms with Gasteiger partial charge in [-0.2, -0.15) is 4.57 Å². The first-order chi connectivity index (χ1) is 13.7. The Labute approximate surface area is 168 Å². The number of carbonyl (C=O) groups is 1. The number of hydrogen-bond acceptors (Lipinski definition) is 3. The molecule has 2 aromatic heterocycles. The van der Waals surface area contributed by atoms with E-state index < -0.39 is 5.66 Å². The zero-order valence-corrected chi connectivity index (χ0v) is 17.2. The summed E-state index contributed by atoms with van der Waals surface area (Å²) in [4.78, 5) is 15.1. The van der Waals surface area contributed by atoms with Gasteiger partial charge in [0.2, 0.25) is 5.69 Å². The number of nitrogens with one attached hydrogen (secondary N) is 1. The lowest BCUT2D eigenvalue weighted by atomic mass is 9.87. The predicted molar refractivity (Wildman–Crippen MR) is 107 cm³/mol. The summed E-state index contributed by atoms with van der Waals surface area (Å²) in [6, 6.07) is 8.43. The molecule has 0 radical (unpaired) electrons. The van der Waals surface area contributed by atoms with Crippen molar-refractivity contribution in [2.75, 3.05) is 19.6 Å². The first-order valence-electron chi connectivity index (χ1n) is 9.98. The van der Waals surface area contributed by atoms with Crippen molar-refractivity contribution in [1.82, 2.24) is 19.8 Å². The Morgan fingerprint density at radius 2 is 1.97 bits per heavy atom. The molecule has 0 saturated carbocycles. The maximum atomic E-state index is 13.4. The Morgan fingerprint density at radius 1 is 1.24 bits per heavy atom. The largest absolute Gasteiger partial charge is 0.313 e. The first-order valence-corrected chi connectivity index (χ1v) is 9.98. The van der Waals surface area contributed by atoms with Crippen LogP contribution in [0.2, 0.25) is 0 Å². The Bertz CT molecular complexity index is 1140. The molecule has 150 valence electrons. The van der Waals surface area contributed by atoms with Crippen LogP contribution in [0.4, 0.5) is 4.39 Å². The summed E-state index contributed by atoms with van der Waals surface area (Å²) >= 11 is 0. The second-order valence-corrected chi connectivity index (χ2v) is 9.17. The van der Waals surface area contributed by atoms with E-state index >= 15 is 0 Å². The molecule has 1 unspecified atom stereocenters. The normalized spacial score (nSPS) is 21.6. The molecule has 3 aromatic rings. The molecule has 0 spiro atoms. The average molecular weight is 394 g/mol. The summed E-state index contributed by atoms with van der Waals surface area (Å²) in [7, 11) is 0. The molecule has 2 aliphatic heterocycles. The first kappa shape index (κ1) is 18.2. The van der Waals surface area contributed by atoms with E-state index in [1.165, 1.54) is 12.1 Å². The molecule has 1 fully saturated rings. The highest BCUT2D eigenvalue weighted by molar-refractivity contribution is 5.93. The number of piperazine rings is 1. The van der Waals surface area contributed by atoms with Crippen molar-refractivity contribution in [3.05, 3.63) is 53.6 Å². The Hall–Kier alpha value is -2.80. The zero-order chi connectivity index (χ0) is 20.6. The van der Waals surface area contributed by atoms with E-state index in [9.17, 15) is 9.18 Å². The van der Waals surface area contributed by atoms with Gasteiger partial charge in [-0.05, 0) is 35.7 Å². The third-order valence-electron chi connectivity index (χ3n) is 6.10. The monoisotopic (exact) mass is 394 g/mol. The van der Waals surface area contributed by atoms with Gasteiger partial charge in [-0.25, -0.2) is 4.39 Å². The van der Waals surface area contributed by atoms with E-state index in [-0.39, 0.29) is 17.1 Å². The van der Waals surface area contributed by atoms with Gasteiger partial charge in [0.25, 0.3) is 0 Å². The summed E-state index contributed by atoms with van der Waals surface area (Å²) < 4.78 is 17.4. The van der Waals surface area contributed by atoms with Crippen molar-refractivity contribution in [3.8, 4) is 11.3 Å². The highest BCUT2D eigenvalue weighted by Gasteiger charge is 2.55. The van der Waals surface area contributed by atoms with Crippen LogP contribution in [0, 0.1) is 5.82 Å². The molecule has 29 heavy (non-hydrogen) atoms. The van der Waals surface area contributed by atoms with Gasteiger partial charge in [0, 0.05) is 25.6 Å². The minimum absolute atomic E-state index is 0.0442. The molecule has 0 bridgehead atoms. The number of fused-ring (bicyclic) bond motifs is 5. The number of amides is 1. The topological polar surface area (TPSA) is 53.5 Å². The molecule has 1 saturated heterocycles. The number of aromatic nitrogens is 3. The van der Waals surface area contributed by atoms with Crippen LogP contribution in [0.3, 0.4) is 0 Å². The van der Waals surface area contributed by atoms with Crippen LogP contribution < -0.4 is 9.88 Å². The number of rotatable bonds is 1. The molecule has 6 nitrogen and oxygen atoms in total. The fourth-order valence-electron chi connectivity index (χ4n) is 4.58. The second-order valence-electron chi connectivity index (χ2n) is 9.17. The number of nitrogens with zero attached hydrogens (tertiary/aromatic N) is 4. The maximum absolute atomic E-state index is 13.4. The van der Waals surface area contributed by atoms with Gasteiger partial charge < -0.3 is 5.32 Å². The minimum atomic E-state index is -0.460. The van der Waals surface area contributed by atoms with Gasteiger partial charge in [0.05, 0.1) is 12.1 Å². The van der Waals surface area contributed by atoms with Crippen molar-refractivity contribution < 1.29 is 13.8 Å². The van der Waals surface area contributed by atoms with Crippen molar-refractivity contribution in [2.45, 2.75) is 38.8 Å². The van der Waals surface area contributed by atoms with Gasteiger partial charge in [-0.1, -0.05) is 30.4 Å². The quantitative estimate of drug-likeness (QED) is 0.645. The number of benzene rings is 1. The molecule has 5 rings (SSSR count). The number of hydrogen-bond donors (Lipinski definition) is 1. The van der Waals surface area contributed by atoms with Crippen LogP contribution in [0.5, 0.6) is 0 Å². The standard InChI is InChI=1S/C22H25FN5O/c1-21(2,3)16-11-17(14-5-7-15(23)8-6-14)25-27-12-18-20(29)26-10-9-24-13-22(26,4)28(18)19(16)27/h5-8,11-12,24H,9-10,13H2,1-4H3/q+1. The average Bonchev–Trinajstić information content (AvgIpc) is 3.15. The zero-order valence-electron chi connectivity index (χ0n) is 17.2. The predicted octanol–water partition coefficient (Wildman–Crippen LogP) is 2.46. The SMILES string of the molecule is CC(C)(C)c1cc(-c2ccc(F)cc2)nn2cc3[n+](c12)C1(C)CNCCN1C3=O. The van der Waals surface area contributed by atoms with Crippen LogP contribution in [-0.2, 0) is 11.1 Å². The summed E-state index contributed by atoms with van der Waals surface area (Å²) in [6.07, 6.45) is 1.84. The molecule has 1 amide bonds. The molecule has 0 aliphatic carbocycles. The fraction of sp³-hybridized carbons (Fsp3) is 0.409. The third-order valence-corrected chi connectivity index (χ3v) is 6.10. The molecule has 7 heteroatoms. The fourth-order valence-corrected chi connectivity index (χ4v) is 4.58. The van der Waals surface area contributed by atoms with Crippen LogP contribution in [0.1, 0.15) is 43.7 Å². The number of carbonyl (C=O) groups excluding carboxylic acids is 1. The maximum Gasteiger partial charge on any atom is 0.313 e. The van der Waals surface area contributed by atoms with Gasteiger partial charge in [-0.15, -0.1) is 0 Å². The van der Waals surface area contributed by atoms with Gasteiger partial charge in [0.1, 0.15) is 11.5 Å². The molecule has 1 atom stereocenters. The highest BCUT2D eigenvalue weighted by atomic mass is 19.1. The highest BCUT2D eigenvalue weighted by Crippen LogP contribution is 2.34. The number of halogens is 1.